The van der Waals surface area contributed by atoms with Crippen molar-refractivity contribution in [3.05, 3.63) is 17.6 Å². The minimum absolute atomic E-state index is 0.377. The van der Waals surface area contributed by atoms with Crippen LogP contribution in [0.4, 0.5) is 5.82 Å². The Labute approximate surface area is 108 Å². The molecule has 1 aromatic rings. The fourth-order valence-corrected chi connectivity index (χ4v) is 1.63. The standard InChI is InChI=1S/C13H21N3O2/c1-9-5-14-10(2)13(16-9)15-6-12(17)8-18-7-11-3-4-11/h5,11-12,17H,3-4,6-8H2,1-2H3,(H,15,16). The van der Waals surface area contributed by atoms with Crippen molar-refractivity contribution in [3.63, 3.8) is 0 Å². The maximum Gasteiger partial charge on any atom is 0.147 e. The van der Waals surface area contributed by atoms with E-state index < -0.39 is 6.10 Å². The molecule has 1 aliphatic rings. The first-order valence-electron chi connectivity index (χ1n) is 6.45. The second-order valence-electron chi connectivity index (χ2n) is 4.96. The molecule has 1 atom stereocenters. The Morgan fingerprint density at radius 3 is 3.00 bits per heavy atom. The summed E-state index contributed by atoms with van der Waals surface area (Å²) in [5, 5.41) is 12.9. The Balaban J connectivity index is 1.70. The third-order valence-corrected chi connectivity index (χ3v) is 2.94. The first kappa shape index (κ1) is 13.2. The topological polar surface area (TPSA) is 67.3 Å². The summed E-state index contributed by atoms with van der Waals surface area (Å²) < 4.78 is 5.44. The van der Waals surface area contributed by atoms with Crippen LogP contribution in [0.25, 0.3) is 0 Å². The smallest absolute Gasteiger partial charge is 0.147 e. The third kappa shape index (κ3) is 4.23. The van der Waals surface area contributed by atoms with Gasteiger partial charge in [0.2, 0.25) is 0 Å². The van der Waals surface area contributed by atoms with Gasteiger partial charge in [0, 0.05) is 19.3 Å². The predicted octanol–water partition coefficient (Wildman–Crippen LogP) is 1.29. The van der Waals surface area contributed by atoms with Gasteiger partial charge in [-0.05, 0) is 32.6 Å². The molecular weight excluding hydrogens is 230 g/mol. The van der Waals surface area contributed by atoms with Crippen LogP contribution in [-0.2, 0) is 4.74 Å². The number of anilines is 1. The quantitative estimate of drug-likeness (QED) is 0.764. The minimum Gasteiger partial charge on any atom is -0.389 e. The first-order valence-corrected chi connectivity index (χ1v) is 6.45. The number of rotatable bonds is 7. The zero-order valence-electron chi connectivity index (χ0n) is 11.0. The van der Waals surface area contributed by atoms with Gasteiger partial charge in [-0.3, -0.25) is 4.98 Å². The summed E-state index contributed by atoms with van der Waals surface area (Å²) >= 11 is 0. The molecule has 0 spiro atoms. The Bertz CT molecular complexity index is 394. The molecule has 0 aromatic carbocycles. The zero-order valence-corrected chi connectivity index (χ0v) is 11.0. The highest BCUT2D eigenvalue weighted by molar-refractivity contribution is 5.39. The van der Waals surface area contributed by atoms with Gasteiger partial charge in [0.25, 0.3) is 0 Å². The molecule has 0 amide bonds. The van der Waals surface area contributed by atoms with Crippen molar-refractivity contribution in [2.75, 3.05) is 25.1 Å². The van der Waals surface area contributed by atoms with E-state index in [2.05, 4.69) is 15.3 Å². The summed E-state index contributed by atoms with van der Waals surface area (Å²) in [4.78, 5) is 8.55. The number of nitrogens with one attached hydrogen (secondary N) is 1. The summed E-state index contributed by atoms with van der Waals surface area (Å²) in [5.74, 6) is 1.46. The molecule has 1 saturated carbocycles. The Hall–Kier alpha value is -1.20. The van der Waals surface area contributed by atoms with Crippen molar-refractivity contribution in [1.29, 1.82) is 0 Å². The number of aliphatic hydroxyl groups excluding tert-OH is 1. The molecule has 100 valence electrons. The molecule has 5 heteroatoms. The number of aryl methyl sites for hydroxylation is 2. The highest BCUT2D eigenvalue weighted by Crippen LogP contribution is 2.28. The van der Waals surface area contributed by atoms with Crippen LogP contribution < -0.4 is 5.32 Å². The van der Waals surface area contributed by atoms with Crippen molar-refractivity contribution >= 4 is 5.82 Å². The number of aromatic nitrogens is 2. The van der Waals surface area contributed by atoms with Crippen LogP contribution in [0.1, 0.15) is 24.2 Å². The molecule has 2 rings (SSSR count). The van der Waals surface area contributed by atoms with E-state index in [1.807, 2.05) is 13.8 Å². The number of hydrogen-bond donors (Lipinski definition) is 2. The lowest BCUT2D eigenvalue weighted by Crippen LogP contribution is -2.26. The van der Waals surface area contributed by atoms with Gasteiger partial charge in [-0.2, -0.15) is 0 Å². The van der Waals surface area contributed by atoms with E-state index >= 15 is 0 Å². The van der Waals surface area contributed by atoms with Gasteiger partial charge in [0.05, 0.1) is 24.1 Å². The van der Waals surface area contributed by atoms with Crippen LogP contribution in [-0.4, -0.2) is 40.9 Å². The Morgan fingerprint density at radius 2 is 2.28 bits per heavy atom. The lowest BCUT2D eigenvalue weighted by Gasteiger charge is -2.13. The number of aliphatic hydroxyl groups is 1. The molecule has 5 nitrogen and oxygen atoms in total. The predicted molar refractivity (Wildman–Crippen MR) is 69.5 cm³/mol. The lowest BCUT2D eigenvalue weighted by atomic mass is 10.3. The molecule has 0 saturated heterocycles. The van der Waals surface area contributed by atoms with Gasteiger partial charge >= 0.3 is 0 Å². The van der Waals surface area contributed by atoms with Crippen molar-refractivity contribution < 1.29 is 9.84 Å². The zero-order chi connectivity index (χ0) is 13.0. The largest absolute Gasteiger partial charge is 0.389 e. The van der Waals surface area contributed by atoms with Crippen LogP contribution >= 0.6 is 0 Å². The molecular formula is C13H21N3O2. The number of hydrogen-bond acceptors (Lipinski definition) is 5. The molecule has 0 aliphatic heterocycles. The molecule has 1 unspecified atom stereocenters. The highest BCUT2D eigenvalue weighted by Gasteiger charge is 2.21. The summed E-state index contributed by atoms with van der Waals surface area (Å²) in [6.07, 6.45) is 3.76. The van der Waals surface area contributed by atoms with E-state index in [4.69, 9.17) is 4.74 Å². The van der Waals surface area contributed by atoms with Gasteiger partial charge < -0.3 is 15.2 Å². The normalized spacial score (nSPS) is 16.6. The Kier molecular flexibility index (Phi) is 4.49. The third-order valence-electron chi connectivity index (χ3n) is 2.94. The van der Waals surface area contributed by atoms with Crippen molar-refractivity contribution in [2.24, 2.45) is 5.92 Å². The number of ether oxygens (including phenoxy) is 1. The molecule has 1 aliphatic carbocycles. The van der Waals surface area contributed by atoms with Crippen LogP contribution in [0.3, 0.4) is 0 Å². The highest BCUT2D eigenvalue weighted by atomic mass is 16.5. The molecule has 2 N–H and O–H groups in total. The summed E-state index contributed by atoms with van der Waals surface area (Å²) in [5.41, 5.74) is 1.70. The van der Waals surface area contributed by atoms with Gasteiger partial charge in [0.1, 0.15) is 5.82 Å². The molecule has 1 fully saturated rings. The molecule has 1 heterocycles. The SMILES string of the molecule is Cc1cnc(C)c(NCC(O)COCC2CC2)n1. The maximum absolute atomic E-state index is 9.77. The molecule has 1 aromatic heterocycles. The summed E-state index contributed by atoms with van der Waals surface area (Å²) in [6.45, 7) is 5.38. The fraction of sp³-hybridized carbons (Fsp3) is 0.692. The minimum atomic E-state index is -0.509. The van der Waals surface area contributed by atoms with Crippen molar-refractivity contribution in [2.45, 2.75) is 32.8 Å². The van der Waals surface area contributed by atoms with Crippen LogP contribution in [0.5, 0.6) is 0 Å². The second kappa shape index (κ2) is 6.11. The van der Waals surface area contributed by atoms with Crippen LogP contribution in [0.15, 0.2) is 6.20 Å². The average Bonchev–Trinajstić information content (AvgIpc) is 3.14. The van der Waals surface area contributed by atoms with Crippen LogP contribution in [0, 0.1) is 19.8 Å². The van der Waals surface area contributed by atoms with Crippen molar-refractivity contribution in [1.82, 2.24) is 9.97 Å². The van der Waals surface area contributed by atoms with E-state index in [1.165, 1.54) is 12.8 Å². The lowest BCUT2D eigenvalue weighted by molar-refractivity contribution is 0.0385. The number of nitrogens with zero attached hydrogens (tertiary/aromatic N) is 2. The maximum atomic E-state index is 9.77. The van der Waals surface area contributed by atoms with Crippen LogP contribution in [0.2, 0.25) is 0 Å². The molecule has 0 bridgehead atoms. The van der Waals surface area contributed by atoms with E-state index in [0.717, 1.165) is 29.7 Å². The van der Waals surface area contributed by atoms with E-state index in [1.54, 1.807) is 6.20 Å². The van der Waals surface area contributed by atoms with Gasteiger partial charge in [-0.25, -0.2) is 4.98 Å². The van der Waals surface area contributed by atoms with E-state index in [-0.39, 0.29) is 0 Å². The monoisotopic (exact) mass is 251 g/mol. The second-order valence-corrected chi connectivity index (χ2v) is 4.96. The van der Waals surface area contributed by atoms with E-state index in [0.29, 0.717) is 13.2 Å². The van der Waals surface area contributed by atoms with E-state index in [9.17, 15) is 5.11 Å². The average molecular weight is 251 g/mol. The molecule has 0 radical (unpaired) electrons. The van der Waals surface area contributed by atoms with Gasteiger partial charge in [0.15, 0.2) is 0 Å². The van der Waals surface area contributed by atoms with Gasteiger partial charge in [-0.15, -0.1) is 0 Å². The fourth-order valence-electron chi connectivity index (χ4n) is 1.63. The Morgan fingerprint density at radius 1 is 1.50 bits per heavy atom. The first-order chi connectivity index (χ1) is 8.65. The van der Waals surface area contributed by atoms with Crippen molar-refractivity contribution in [3.8, 4) is 0 Å². The summed E-state index contributed by atoms with van der Waals surface area (Å²) in [7, 11) is 0. The molecule has 18 heavy (non-hydrogen) atoms. The summed E-state index contributed by atoms with van der Waals surface area (Å²) in [6, 6.07) is 0. The van der Waals surface area contributed by atoms with Gasteiger partial charge in [-0.1, -0.05) is 0 Å².